The summed E-state index contributed by atoms with van der Waals surface area (Å²) in [7, 11) is 0. The molecule has 0 saturated carbocycles. The first-order valence-electron chi connectivity index (χ1n) is 13.0. The summed E-state index contributed by atoms with van der Waals surface area (Å²) in [4.78, 5) is 42.8. The minimum atomic E-state index is -1.53. The third-order valence-corrected chi connectivity index (χ3v) is 9.32. The first-order valence-corrected chi connectivity index (χ1v) is 14.0. The summed E-state index contributed by atoms with van der Waals surface area (Å²) in [6.07, 6.45) is 1.02. The van der Waals surface area contributed by atoms with Crippen molar-refractivity contribution in [2.45, 2.75) is 49.4 Å². The van der Waals surface area contributed by atoms with Gasteiger partial charge in [-0.2, -0.15) is 0 Å². The molecule has 0 aliphatic carbocycles. The highest BCUT2D eigenvalue weighted by Crippen LogP contribution is 2.51. The van der Waals surface area contributed by atoms with Gasteiger partial charge in [-0.1, -0.05) is 36.4 Å². The molecule has 3 aliphatic heterocycles. The molecule has 3 aliphatic rings. The number of rotatable bonds is 8. The van der Waals surface area contributed by atoms with Gasteiger partial charge in [-0.05, 0) is 55.2 Å². The van der Waals surface area contributed by atoms with E-state index in [0.717, 1.165) is 29.8 Å². The fraction of sp³-hybridized carbons (Fsp3) is 0.345. The van der Waals surface area contributed by atoms with Gasteiger partial charge in [-0.25, -0.2) is 0 Å². The number of β-lactam (4-membered cyclic amide) rings is 1. The number of nitrogens with zero attached hydrogens (tertiary/aromatic N) is 2. The lowest BCUT2D eigenvalue weighted by molar-refractivity contribution is -0.168. The molecular weight excluding hydrogens is 516 g/mol. The quantitative estimate of drug-likeness (QED) is 0.372. The van der Waals surface area contributed by atoms with E-state index < -0.39 is 29.0 Å². The van der Waals surface area contributed by atoms with Crippen molar-refractivity contribution in [2.24, 2.45) is 0 Å². The molecule has 202 valence electrons. The van der Waals surface area contributed by atoms with Crippen molar-refractivity contribution in [2.75, 3.05) is 17.7 Å². The van der Waals surface area contributed by atoms with Crippen LogP contribution in [-0.4, -0.2) is 68.1 Å². The number of benzene rings is 2. The summed E-state index contributed by atoms with van der Waals surface area (Å²) in [6, 6.07) is 17.0. The lowest BCUT2D eigenvalue weighted by Gasteiger charge is -2.52. The second-order valence-corrected chi connectivity index (χ2v) is 11.6. The van der Waals surface area contributed by atoms with E-state index in [2.05, 4.69) is 10.6 Å². The van der Waals surface area contributed by atoms with Crippen LogP contribution in [0.3, 0.4) is 0 Å². The lowest BCUT2D eigenvalue weighted by atomic mass is 9.92. The lowest BCUT2D eigenvalue weighted by Crippen LogP contribution is -2.73. The van der Waals surface area contributed by atoms with Crippen LogP contribution in [0.1, 0.15) is 34.2 Å². The number of carbonyl (C=O) groups is 3. The number of aliphatic hydroxyl groups is 1. The van der Waals surface area contributed by atoms with Crippen LogP contribution in [0.2, 0.25) is 0 Å². The van der Waals surface area contributed by atoms with E-state index in [4.69, 9.17) is 4.42 Å². The highest BCUT2D eigenvalue weighted by Gasteiger charge is 2.65. The third-order valence-electron chi connectivity index (χ3n) is 7.89. The van der Waals surface area contributed by atoms with Crippen LogP contribution in [0.4, 0.5) is 5.69 Å². The Morgan fingerprint density at radius 3 is 2.77 bits per heavy atom. The van der Waals surface area contributed by atoms with Crippen LogP contribution in [0, 0.1) is 0 Å². The molecule has 6 rings (SSSR count). The Balaban J connectivity index is 1.21. The molecule has 0 bridgehead atoms. The van der Waals surface area contributed by atoms with Crippen molar-refractivity contribution in [3.05, 3.63) is 89.4 Å². The zero-order chi connectivity index (χ0) is 27.1. The van der Waals surface area contributed by atoms with Crippen molar-refractivity contribution in [1.82, 2.24) is 15.1 Å². The van der Waals surface area contributed by atoms with Gasteiger partial charge in [0.25, 0.3) is 11.8 Å². The molecule has 10 heteroatoms. The number of nitrogens with one attached hydrogen (secondary N) is 2. The highest BCUT2D eigenvalue weighted by atomic mass is 32.2. The number of likely N-dealkylation sites (tertiary alicyclic amines) is 1. The topological polar surface area (TPSA) is 115 Å². The number of thioether (sulfide) groups is 1. The Morgan fingerprint density at radius 1 is 1.18 bits per heavy atom. The molecule has 2 saturated heterocycles. The van der Waals surface area contributed by atoms with Crippen molar-refractivity contribution in [3.8, 4) is 0 Å². The van der Waals surface area contributed by atoms with Crippen LogP contribution in [0.5, 0.6) is 0 Å². The van der Waals surface area contributed by atoms with Gasteiger partial charge in [-0.3, -0.25) is 14.4 Å². The van der Waals surface area contributed by atoms with E-state index in [0.29, 0.717) is 17.9 Å². The van der Waals surface area contributed by atoms with Crippen LogP contribution in [-0.2, 0) is 29.0 Å². The molecule has 2 fully saturated rings. The number of hydrogen-bond donors (Lipinski definition) is 3. The smallest absolute Gasteiger partial charge is 0.255 e. The monoisotopic (exact) mass is 546 g/mol. The molecule has 9 nitrogen and oxygen atoms in total. The van der Waals surface area contributed by atoms with Gasteiger partial charge in [0, 0.05) is 17.8 Å². The number of aliphatic hydroxyl groups excluding tert-OH is 1. The fourth-order valence-electron chi connectivity index (χ4n) is 5.77. The molecule has 4 atom stereocenters. The van der Waals surface area contributed by atoms with Gasteiger partial charge < -0.3 is 30.0 Å². The van der Waals surface area contributed by atoms with Gasteiger partial charge in [0.2, 0.25) is 5.91 Å². The minimum Gasteiger partial charge on any atom is -0.467 e. The molecule has 0 spiro atoms. The molecule has 2 aromatic carbocycles. The van der Waals surface area contributed by atoms with Gasteiger partial charge in [0.1, 0.15) is 16.7 Å². The molecule has 0 radical (unpaired) electrons. The number of anilines is 1. The Morgan fingerprint density at radius 2 is 2.00 bits per heavy atom. The molecule has 39 heavy (non-hydrogen) atoms. The highest BCUT2D eigenvalue weighted by molar-refractivity contribution is 8.01. The number of furan rings is 1. The summed E-state index contributed by atoms with van der Waals surface area (Å²) in [5, 5.41) is 17.6. The standard InChI is InChI=1S/C29H30N4O5S/c1-29-25(28(37)33(29)16-19-9-6-14-38-19)32(17-39-29)27(36)24(34)23(15-18-7-3-2-4-8-18)31-26(35)21-10-5-11-22-20(21)12-13-30-22/h2-11,14,23-25,30,34H,12-13,15-17H2,1H3,(H,31,35)/t23?,24-,25+,29?/m0/s1. The third kappa shape index (κ3) is 4.47. The normalized spacial score (nSPS) is 22.9. The predicted octanol–water partition coefficient (Wildman–Crippen LogP) is 2.61. The molecule has 4 heterocycles. The molecule has 2 unspecified atom stereocenters. The van der Waals surface area contributed by atoms with Crippen molar-refractivity contribution in [3.63, 3.8) is 0 Å². The van der Waals surface area contributed by atoms with E-state index in [1.54, 1.807) is 23.3 Å². The van der Waals surface area contributed by atoms with E-state index in [1.807, 2.05) is 55.5 Å². The summed E-state index contributed by atoms with van der Waals surface area (Å²) in [5.41, 5.74) is 3.26. The van der Waals surface area contributed by atoms with E-state index >= 15 is 0 Å². The van der Waals surface area contributed by atoms with Crippen LogP contribution in [0.15, 0.2) is 71.3 Å². The Bertz CT molecular complexity index is 1400. The first kappa shape index (κ1) is 25.5. The van der Waals surface area contributed by atoms with Crippen molar-refractivity contribution < 1.29 is 23.9 Å². The Labute approximate surface area is 230 Å². The van der Waals surface area contributed by atoms with E-state index in [9.17, 15) is 19.5 Å². The zero-order valence-electron chi connectivity index (χ0n) is 21.5. The van der Waals surface area contributed by atoms with Crippen LogP contribution >= 0.6 is 11.8 Å². The maximum absolute atomic E-state index is 13.7. The van der Waals surface area contributed by atoms with Crippen molar-refractivity contribution >= 4 is 35.2 Å². The second kappa shape index (κ2) is 10.1. The maximum Gasteiger partial charge on any atom is 0.255 e. The predicted molar refractivity (Wildman–Crippen MR) is 147 cm³/mol. The largest absolute Gasteiger partial charge is 0.467 e. The molecule has 3 amide bonds. The molecule has 3 aromatic rings. The average Bonchev–Trinajstić information content (AvgIpc) is 3.70. The number of carbonyl (C=O) groups excluding carboxylic acids is 3. The fourth-order valence-corrected chi connectivity index (χ4v) is 7.14. The Hall–Kier alpha value is -3.76. The van der Waals surface area contributed by atoms with E-state index in [1.165, 1.54) is 16.7 Å². The molecule has 3 N–H and O–H groups in total. The van der Waals surface area contributed by atoms with Gasteiger partial charge in [-0.15, -0.1) is 11.8 Å². The average molecular weight is 547 g/mol. The number of fused-ring (bicyclic) bond motifs is 2. The first-order chi connectivity index (χ1) is 18.9. The van der Waals surface area contributed by atoms with Crippen LogP contribution < -0.4 is 10.6 Å². The van der Waals surface area contributed by atoms with Gasteiger partial charge in [0.15, 0.2) is 6.10 Å². The number of hydrogen-bond acceptors (Lipinski definition) is 7. The summed E-state index contributed by atoms with van der Waals surface area (Å²) in [6.45, 7) is 3.00. The Kier molecular flexibility index (Phi) is 6.60. The van der Waals surface area contributed by atoms with Gasteiger partial charge >= 0.3 is 0 Å². The van der Waals surface area contributed by atoms with E-state index in [-0.39, 0.29) is 24.1 Å². The maximum atomic E-state index is 13.7. The summed E-state index contributed by atoms with van der Waals surface area (Å²) in [5.74, 6) is -0.157. The summed E-state index contributed by atoms with van der Waals surface area (Å²) >= 11 is 1.49. The zero-order valence-corrected chi connectivity index (χ0v) is 22.3. The number of amides is 3. The summed E-state index contributed by atoms with van der Waals surface area (Å²) < 4.78 is 5.42. The molecule has 1 aromatic heterocycles. The second-order valence-electron chi connectivity index (χ2n) is 10.3. The van der Waals surface area contributed by atoms with Crippen molar-refractivity contribution in [1.29, 1.82) is 0 Å². The van der Waals surface area contributed by atoms with Gasteiger partial charge in [0.05, 0.1) is 24.7 Å². The SMILES string of the molecule is CC12SCN(C(=O)[C@@H](O)C(Cc3ccccc3)NC(=O)c3cccc4c3CCN4)[C@@H]1C(=O)N2Cc1ccco1. The minimum absolute atomic E-state index is 0.185. The van der Waals surface area contributed by atoms with Crippen LogP contribution in [0.25, 0.3) is 0 Å². The molecular formula is C29H30N4O5S.